The van der Waals surface area contributed by atoms with Gasteiger partial charge in [0.2, 0.25) is 0 Å². The first kappa shape index (κ1) is 10.9. The van der Waals surface area contributed by atoms with Crippen molar-refractivity contribution >= 4 is 28.4 Å². The first-order valence-electron chi connectivity index (χ1n) is 5.00. The maximum absolute atomic E-state index is 2.70. The topological polar surface area (TPSA) is 0 Å². The van der Waals surface area contributed by atoms with E-state index in [0.29, 0.717) is 0 Å². The van der Waals surface area contributed by atoms with Crippen LogP contribution in [0.25, 0.3) is 0 Å². The van der Waals surface area contributed by atoms with Crippen LogP contribution < -0.4 is 0 Å². The van der Waals surface area contributed by atoms with Gasteiger partial charge in [0.25, 0.3) is 0 Å². The molecule has 0 N–H and O–H groups in total. The predicted octanol–water partition coefficient (Wildman–Crippen LogP) is 3.15. The quantitative estimate of drug-likeness (QED) is 0.563. The van der Waals surface area contributed by atoms with E-state index in [4.69, 9.17) is 0 Å². The van der Waals surface area contributed by atoms with Gasteiger partial charge < -0.3 is 0 Å². The highest BCUT2D eigenvalue weighted by Gasteiger charge is 2.75. The molecule has 0 unspecified atom stereocenters. The second-order valence-electron chi connectivity index (χ2n) is 6.50. The second-order valence-corrected chi connectivity index (χ2v) is 55.5. The maximum Gasteiger partial charge on any atom is 0.0307 e. The van der Waals surface area contributed by atoms with Gasteiger partial charge in [-0.15, -0.1) is 0 Å². The molecule has 1 aliphatic heterocycles. The lowest BCUT2D eigenvalue weighted by molar-refractivity contribution is 1.71. The first-order valence-corrected chi connectivity index (χ1v) is 21.0. The molecule has 0 aromatic carbocycles. The highest BCUT2D eigenvalue weighted by Crippen LogP contribution is 2.50. The zero-order chi connectivity index (χ0) is 10.0. The Balaban J connectivity index is 3.16. The van der Waals surface area contributed by atoms with Crippen LogP contribution in [0.5, 0.6) is 0 Å². The lowest BCUT2D eigenvalue weighted by atomic mass is 11.9. The van der Waals surface area contributed by atoms with Crippen molar-refractivity contribution in [2.75, 3.05) is 0 Å². The van der Waals surface area contributed by atoms with Crippen molar-refractivity contribution in [1.82, 2.24) is 0 Å². The molecule has 1 rings (SSSR count). The van der Waals surface area contributed by atoms with Crippen LogP contribution in [0.15, 0.2) is 0 Å². The van der Waals surface area contributed by atoms with Gasteiger partial charge in [-0.1, -0.05) is 52.4 Å². The summed E-state index contributed by atoms with van der Waals surface area (Å²) in [6.45, 7) is 21.6. The fourth-order valence-corrected chi connectivity index (χ4v) is 140. The predicted molar refractivity (Wildman–Crippen MR) is 69.9 cm³/mol. The Bertz CT molecular complexity index is 151. The molecule has 1 fully saturated rings. The van der Waals surface area contributed by atoms with Crippen LogP contribution in [-0.4, -0.2) is 28.4 Å². The van der Waals surface area contributed by atoms with Gasteiger partial charge in [0.1, 0.15) is 0 Å². The maximum atomic E-state index is 2.70. The van der Waals surface area contributed by atoms with Crippen LogP contribution in [0.3, 0.4) is 0 Å². The molecule has 0 atom stereocenters. The van der Waals surface area contributed by atoms with Crippen molar-refractivity contribution in [3.8, 4) is 0 Å². The van der Waals surface area contributed by atoms with Crippen LogP contribution in [0.2, 0.25) is 52.4 Å². The normalized spacial score (nSPS) is 34.0. The molecule has 0 bridgehead atoms. The van der Waals surface area contributed by atoms with E-state index in [1.54, 1.807) is 0 Å². The van der Waals surface area contributed by atoms with Crippen molar-refractivity contribution in [2.24, 2.45) is 0 Å². The molecule has 0 nitrogen and oxygen atoms in total. The molecule has 4 heteroatoms. The molecular weight excluding hydrogens is 208 g/mol. The van der Waals surface area contributed by atoms with Gasteiger partial charge in [0.15, 0.2) is 0 Å². The number of hydrogen-bond donors (Lipinski definition) is 0. The summed E-state index contributed by atoms with van der Waals surface area (Å²) in [5.74, 6) is 0. The smallest absolute Gasteiger partial charge is 0.0307 e. The Morgan fingerprint density at radius 2 is 0.417 bits per heavy atom. The molecule has 1 saturated heterocycles. The van der Waals surface area contributed by atoms with Crippen LogP contribution in [0.1, 0.15) is 0 Å². The summed E-state index contributed by atoms with van der Waals surface area (Å²) in [5.41, 5.74) is 0. The molecule has 0 spiro atoms. The lowest BCUT2D eigenvalue weighted by Crippen LogP contribution is -3.00. The summed E-state index contributed by atoms with van der Waals surface area (Å²) in [5, 5.41) is 0. The Hall–Kier alpha value is 0.868. The molecule has 0 radical (unpaired) electrons. The van der Waals surface area contributed by atoms with E-state index < -0.39 is 28.4 Å². The Morgan fingerprint density at radius 3 is 0.500 bits per heavy atom. The standard InChI is InChI=1S/C8H24Si4/c1-9(2)10(3,4)12(7,8)11(9,5)6/h1-8H3. The average Bonchev–Trinajstić information content (AvgIpc) is 1.84. The van der Waals surface area contributed by atoms with Crippen molar-refractivity contribution < 1.29 is 0 Å². The van der Waals surface area contributed by atoms with Gasteiger partial charge in [0, 0.05) is 28.4 Å². The molecular formula is C8H24Si4. The lowest BCUT2D eigenvalue weighted by Gasteiger charge is -2.72. The molecule has 0 amide bonds. The average molecular weight is 233 g/mol. The second kappa shape index (κ2) is 2.27. The van der Waals surface area contributed by atoms with Crippen LogP contribution >= 0.6 is 0 Å². The molecule has 0 saturated carbocycles. The highest BCUT2D eigenvalue weighted by molar-refractivity contribution is 8.13. The zero-order valence-electron chi connectivity index (χ0n) is 10.0. The largest absolute Gasteiger partial charge is 0.0735 e. The van der Waals surface area contributed by atoms with Gasteiger partial charge >= 0.3 is 0 Å². The van der Waals surface area contributed by atoms with E-state index >= 15 is 0 Å². The molecule has 12 heavy (non-hydrogen) atoms. The van der Waals surface area contributed by atoms with E-state index in [1.807, 2.05) is 0 Å². The number of hydrogen-bond acceptors (Lipinski definition) is 0. The summed E-state index contributed by atoms with van der Waals surface area (Å²) in [7, 11) is -2.81. The third kappa shape index (κ3) is 0.779. The molecule has 0 aliphatic carbocycles. The summed E-state index contributed by atoms with van der Waals surface area (Å²) in [6, 6.07) is 0. The van der Waals surface area contributed by atoms with Crippen molar-refractivity contribution in [3.05, 3.63) is 0 Å². The minimum absolute atomic E-state index is 0.702. The summed E-state index contributed by atoms with van der Waals surface area (Å²) in [4.78, 5) is 0. The van der Waals surface area contributed by atoms with E-state index in [1.165, 1.54) is 0 Å². The number of rotatable bonds is 0. The van der Waals surface area contributed by atoms with E-state index in [-0.39, 0.29) is 0 Å². The summed E-state index contributed by atoms with van der Waals surface area (Å²) >= 11 is 0. The molecule has 1 aliphatic rings. The summed E-state index contributed by atoms with van der Waals surface area (Å²) in [6.07, 6.45) is 0. The Labute approximate surface area is 81.0 Å². The van der Waals surface area contributed by atoms with Gasteiger partial charge in [-0.05, 0) is 0 Å². The Kier molecular flexibility index (Phi) is 2.07. The third-order valence-electron chi connectivity index (χ3n) is 6.25. The van der Waals surface area contributed by atoms with Crippen molar-refractivity contribution in [1.29, 1.82) is 0 Å². The van der Waals surface area contributed by atoms with Crippen LogP contribution in [0, 0.1) is 0 Å². The highest BCUT2D eigenvalue weighted by atomic mass is 30.2. The molecule has 1 heterocycles. The van der Waals surface area contributed by atoms with E-state index in [2.05, 4.69) is 52.4 Å². The van der Waals surface area contributed by atoms with Crippen LogP contribution in [-0.2, 0) is 0 Å². The molecule has 0 aromatic rings. The fraction of sp³-hybridized carbons (Fsp3) is 1.00. The fourth-order valence-electron chi connectivity index (χ4n) is 3.06. The van der Waals surface area contributed by atoms with Crippen molar-refractivity contribution in [2.45, 2.75) is 52.4 Å². The zero-order valence-corrected chi connectivity index (χ0v) is 14.0. The minimum atomic E-state index is -0.702. The van der Waals surface area contributed by atoms with Gasteiger partial charge in [-0.2, -0.15) is 0 Å². The Morgan fingerprint density at radius 1 is 0.333 bits per heavy atom. The molecule has 0 aromatic heterocycles. The minimum Gasteiger partial charge on any atom is -0.0735 e. The van der Waals surface area contributed by atoms with Gasteiger partial charge in [-0.25, -0.2) is 0 Å². The van der Waals surface area contributed by atoms with E-state index in [0.717, 1.165) is 0 Å². The molecule has 72 valence electrons. The van der Waals surface area contributed by atoms with Gasteiger partial charge in [0.05, 0.1) is 0 Å². The van der Waals surface area contributed by atoms with Gasteiger partial charge in [-0.3, -0.25) is 0 Å². The van der Waals surface area contributed by atoms with Crippen molar-refractivity contribution in [3.63, 3.8) is 0 Å². The third-order valence-corrected chi connectivity index (χ3v) is 110. The SMILES string of the molecule is C[Si]1(C)[Si](C)(C)[Si](C)(C)[Si]1(C)C. The summed E-state index contributed by atoms with van der Waals surface area (Å²) < 4.78 is 0. The van der Waals surface area contributed by atoms with E-state index in [9.17, 15) is 0 Å². The monoisotopic (exact) mass is 232 g/mol. The van der Waals surface area contributed by atoms with Crippen LogP contribution in [0.4, 0.5) is 0 Å². The first-order chi connectivity index (χ1) is 5.00.